The first-order valence-corrected chi connectivity index (χ1v) is 9.53. The van der Waals surface area contributed by atoms with Crippen LogP contribution in [0.2, 0.25) is 0 Å². The van der Waals surface area contributed by atoms with E-state index in [1.54, 1.807) is 12.1 Å². The summed E-state index contributed by atoms with van der Waals surface area (Å²) in [5.74, 6) is 0.695. The van der Waals surface area contributed by atoms with E-state index in [4.69, 9.17) is 9.47 Å². The van der Waals surface area contributed by atoms with Crippen LogP contribution < -0.4 is 10.1 Å². The number of rotatable bonds is 7. The lowest BCUT2D eigenvalue weighted by molar-refractivity contribution is 0.0342. The van der Waals surface area contributed by atoms with Gasteiger partial charge in [0.05, 0.1) is 19.3 Å². The molecule has 5 heteroatoms. The van der Waals surface area contributed by atoms with E-state index < -0.39 is 0 Å². The molecule has 3 rings (SSSR count). The number of benzene rings is 2. The quantitative estimate of drug-likeness (QED) is 0.815. The standard InChI is InChI=1S/C22H28N2O3/c1-17(2)27-21-9-7-20(8-10-21)22(25)23-15-18-3-5-19(6-4-18)16-24-11-13-26-14-12-24/h3-10,17H,11-16H2,1-2H3,(H,23,25). The van der Waals surface area contributed by atoms with Gasteiger partial charge in [0.15, 0.2) is 0 Å². The SMILES string of the molecule is CC(C)Oc1ccc(C(=O)NCc2ccc(CN3CCOCC3)cc2)cc1. The van der Waals surface area contributed by atoms with Crippen LogP contribution in [-0.2, 0) is 17.8 Å². The number of morpholine rings is 1. The van der Waals surface area contributed by atoms with Gasteiger partial charge in [0.25, 0.3) is 5.91 Å². The van der Waals surface area contributed by atoms with Gasteiger partial charge in [-0.25, -0.2) is 0 Å². The summed E-state index contributed by atoms with van der Waals surface area (Å²) in [6.07, 6.45) is 0.121. The fourth-order valence-corrected chi connectivity index (χ4v) is 3.02. The second kappa shape index (κ2) is 9.53. The molecule has 0 aliphatic carbocycles. The summed E-state index contributed by atoms with van der Waals surface area (Å²) in [6, 6.07) is 15.7. The zero-order valence-electron chi connectivity index (χ0n) is 16.1. The van der Waals surface area contributed by atoms with Crippen molar-refractivity contribution in [2.24, 2.45) is 0 Å². The molecule has 2 aromatic rings. The molecule has 144 valence electrons. The topological polar surface area (TPSA) is 50.8 Å². The Kier molecular flexibility index (Phi) is 6.85. The first-order valence-electron chi connectivity index (χ1n) is 9.53. The fraction of sp³-hybridized carbons (Fsp3) is 0.409. The minimum Gasteiger partial charge on any atom is -0.491 e. The Hall–Kier alpha value is -2.37. The molecule has 1 aliphatic heterocycles. The van der Waals surface area contributed by atoms with Gasteiger partial charge in [0, 0.05) is 31.7 Å². The van der Waals surface area contributed by atoms with Gasteiger partial charge in [0.2, 0.25) is 0 Å². The monoisotopic (exact) mass is 368 g/mol. The van der Waals surface area contributed by atoms with Crippen LogP contribution in [0.4, 0.5) is 0 Å². The van der Waals surface area contributed by atoms with Gasteiger partial charge in [0.1, 0.15) is 5.75 Å². The third-order valence-corrected chi connectivity index (χ3v) is 4.47. The van der Waals surface area contributed by atoms with Gasteiger partial charge in [-0.1, -0.05) is 24.3 Å². The van der Waals surface area contributed by atoms with Crippen LogP contribution in [-0.4, -0.2) is 43.2 Å². The van der Waals surface area contributed by atoms with Crippen molar-refractivity contribution in [1.82, 2.24) is 10.2 Å². The van der Waals surface area contributed by atoms with Crippen molar-refractivity contribution in [3.05, 3.63) is 65.2 Å². The number of nitrogens with one attached hydrogen (secondary N) is 1. The Balaban J connectivity index is 1.48. The smallest absolute Gasteiger partial charge is 0.251 e. The average molecular weight is 368 g/mol. The summed E-state index contributed by atoms with van der Waals surface area (Å²) in [5.41, 5.74) is 3.01. The number of ether oxygens (including phenoxy) is 2. The molecule has 0 bridgehead atoms. The summed E-state index contributed by atoms with van der Waals surface area (Å²) < 4.78 is 11.0. The Morgan fingerprint density at radius 3 is 2.30 bits per heavy atom. The predicted octanol–water partition coefficient (Wildman–Crippen LogP) is 3.24. The molecule has 1 fully saturated rings. The van der Waals surface area contributed by atoms with Gasteiger partial charge in [-0.05, 0) is 49.2 Å². The van der Waals surface area contributed by atoms with Crippen LogP contribution >= 0.6 is 0 Å². The van der Waals surface area contributed by atoms with E-state index >= 15 is 0 Å². The summed E-state index contributed by atoms with van der Waals surface area (Å²) in [5, 5.41) is 2.97. The molecule has 1 N–H and O–H groups in total. The van der Waals surface area contributed by atoms with Gasteiger partial charge in [-0.3, -0.25) is 9.69 Å². The zero-order valence-corrected chi connectivity index (χ0v) is 16.1. The zero-order chi connectivity index (χ0) is 19.1. The second-order valence-corrected chi connectivity index (χ2v) is 7.08. The number of nitrogens with zero attached hydrogens (tertiary/aromatic N) is 1. The molecule has 0 radical (unpaired) electrons. The van der Waals surface area contributed by atoms with E-state index in [9.17, 15) is 4.79 Å². The van der Waals surface area contributed by atoms with Crippen molar-refractivity contribution < 1.29 is 14.3 Å². The first-order chi connectivity index (χ1) is 13.1. The molecule has 1 amide bonds. The molecular formula is C22H28N2O3. The molecule has 0 spiro atoms. The van der Waals surface area contributed by atoms with E-state index in [2.05, 4.69) is 34.5 Å². The minimum atomic E-state index is -0.0801. The van der Waals surface area contributed by atoms with Crippen LogP contribution in [0.3, 0.4) is 0 Å². The van der Waals surface area contributed by atoms with Crippen molar-refractivity contribution in [3.63, 3.8) is 0 Å². The molecule has 1 heterocycles. The molecule has 27 heavy (non-hydrogen) atoms. The summed E-state index contributed by atoms with van der Waals surface area (Å²) in [4.78, 5) is 14.7. The number of hydrogen-bond acceptors (Lipinski definition) is 4. The van der Waals surface area contributed by atoms with Crippen molar-refractivity contribution in [2.45, 2.75) is 33.0 Å². The highest BCUT2D eigenvalue weighted by atomic mass is 16.5. The van der Waals surface area contributed by atoms with E-state index in [1.807, 2.05) is 26.0 Å². The van der Waals surface area contributed by atoms with E-state index in [0.717, 1.165) is 44.2 Å². The fourth-order valence-electron chi connectivity index (χ4n) is 3.02. The van der Waals surface area contributed by atoms with Crippen LogP contribution in [0.1, 0.15) is 35.3 Å². The first kappa shape index (κ1) is 19.4. The Morgan fingerprint density at radius 2 is 1.67 bits per heavy atom. The van der Waals surface area contributed by atoms with E-state index in [-0.39, 0.29) is 12.0 Å². The van der Waals surface area contributed by atoms with Crippen molar-refractivity contribution >= 4 is 5.91 Å². The maximum atomic E-state index is 12.3. The maximum Gasteiger partial charge on any atom is 0.251 e. The highest BCUT2D eigenvalue weighted by Crippen LogP contribution is 2.14. The highest BCUT2D eigenvalue weighted by Gasteiger charge is 2.11. The number of hydrogen-bond donors (Lipinski definition) is 1. The molecule has 0 saturated carbocycles. The predicted molar refractivity (Wildman–Crippen MR) is 106 cm³/mol. The summed E-state index contributed by atoms with van der Waals surface area (Å²) in [6.45, 7) is 9.02. The van der Waals surface area contributed by atoms with Crippen LogP contribution in [0.25, 0.3) is 0 Å². The van der Waals surface area contributed by atoms with E-state index in [1.165, 1.54) is 5.56 Å². The van der Waals surface area contributed by atoms with Gasteiger partial charge < -0.3 is 14.8 Å². The Bertz CT molecular complexity index is 720. The Labute approximate surface area is 161 Å². The highest BCUT2D eigenvalue weighted by molar-refractivity contribution is 5.94. The maximum absolute atomic E-state index is 12.3. The van der Waals surface area contributed by atoms with Crippen LogP contribution in [0, 0.1) is 0 Å². The number of carbonyl (C=O) groups excluding carboxylic acids is 1. The number of amides is 1. The lowest BCUT2D eigenvalue weighted by atomic mass is 10.1. The van der Waals surface area contributed by atoms with Gasteiger partial charge in [-0.15, -0.1) is 0 Å². The summed E-state index contributed by atoms with van der Waals surface area (Å²) >= 11 is 0. The lowest BCUT2D eigenvalue weighted by Gasteiger charge is -2.26. The molecule has 1 saturated heterocycles. The third kappa shape index (κ3) is 6.08. The van der Waals surface area contributed by atoms with Crippen molar-refractivity contribution in [1.29, 1.82) is 0 Å². The van der Waals surface area contributed by atoms with Crippen LogP contribution in [0.15, 0.2) is 48.5 Å². The van der Waals surface area contributed by atoms with Crippen molar-refractivity contribution in [2.75, 3.05) is 26.3 Å². The Morgan fingerprint density at radius 1 is 1.04 bits per heavy atom. The van der Waals surface area contributed by atoms with Crippen molar-refractivity contribution in [3.8, 4) is 5.75 Å². The third-order valence-electron chi connectivity index (χ3n) is 4.47. The van der Waals surface area contributed by atoms with Gasteiger partial charge in [-0.2, -0.15) is 0 Å². The van der Waals surface area contributed by atoms with Crippen LogP contribution in [0.5, 0.6) is 5.75 Å². The molecule has 5 nitrogen and oxygen atoms in total. The molecule has 0 unspecified atom stereocenters. The molecule has 1 aliphatic rings. The normalized spacial score (nSPS) is 14.9. The minimum absolute atomic E-state index is 0.0801. The molecule has 0 atom stereocenters. The second-order valence-electron chi connectivity index (χ2n) is 7.08. The molecule has 2 aromatic carbocycles. The largest absolute Gasteiger partial charge is 0.491 e. The molecular weight excluding hydrogens is 340 g/mol. The summed E-state index contributed by atoms with van der Waals surface area (Å²) in [7, 11) is 0. The average Bonchev–Trinajstić information content (AvgIpc) is 2.68. The van der Waals surface area contributed by atoms with Gasteiger partial charge >= 0.3 is 0 Å². The number of carbonyl (C=O) groups is 1. The van der Waals surface area contributed by atoms with E-state index in [0.29, 0.717) is 12.1 Å². The molecule has 0 aromatic heterocycles. The lowest BCUT2D eigenvalue weighted by Crippen LogP contribution is -2.35.